The van der Waals surface area contributed by atoms with Crippen LogP contribution in [-0.2, 0) is 31.3 Å². The molecule has 3 heterocycles. The summed E-state index contributed by atoms with van der Waals surface area (Å²) in [6.07, 6.45) is 4.24. The molecule has 0 amide bonds. The minimum atomic E-state index is -1.64. The molecule has 0 aliphatic rings. The number of carbonyl (C=O) groups is 1. The van der Waals surface area contributed by atoms with Gasteiger partial charge < -0.3 is 5.11 Å². The zero-order valence-corrected chi connectivity index (χ0v) is 38.9. The molecule has 0 aliphatic carbocycles. The fraction of sp³-hybridized carbons (Fsp3) is 0.511. The van der Waals surface area contributed by atoms with Crippen LogP contribution in [0.3, 0.4) is 0 Å². The van der Waals surface area contributed by atoms with Crippen LogP contribution in [0.4, 0.5) is 0 Å². The molecule has 1 radical (unpaired) electrons. The van der Waals surface area contributed by atoms with Crippen molar-refractivity contribution in [1.29, 1.82) is 0 Å². The zero-order chi connectivity index (χ0) is 38.9. The van der Waals surface area contributed by atoms with Gasteiger partial charge >= 0.3 is 0 Å². The Morgan fingerprint density at radius 3 is 2.02 bits per heavy atom. The van der Waals surface area contributed by atoms with E-state index in [4.69, 9.17) is 9.97 Å². The summed E-state index contributed by atoms with van der Waals surface area (Å²) < 4.78 is 2.41. The van der Waals surface area contributed by atoms with E-state index in [2.05, 4.69) is 150 Å². The van der Waals surface area contributed by atoms with E-state index in [1.54, 1.807) is 17.7 Å². The summed E-state index contributed by atoms with van der Waals surface area (Å²) in [5.74, 6) is 1.63. The maximum atomic E-state index is 12.3. The molecule has 1 N–H and O–H groups in total. The van der Waals surface area contributed by atoms with Gasteiger partial charge in [0.15, 0.2) is 5.78 Å². The molecular weight excluding hydrogens is 867 g/mol. The van der Waals surface area contributed by atoms with E-state index in [9.17, 15) is 9.90 Å². The standard InChI is InChI=1S/C28H30N3SSi.C17H32O2.Ir/c1-17-8-10-19-13-20(14-23(24(19)31-17)33(5,6)7)25-27-26(30-16-29-25)21-11-9-18(12-22(21)32-27)15-28(2,3)4;1-10(2)16(11(3)4)14(18)9-15(19)17(12(5)6)13(7)8;/h8-12,14,16H,15H2,1-7H3;9-13,16-18H,1-8H3;/q-1;;/b;14-9-;. The van der Waals surface area contributed by atoms with Crippen LogP contribution in [0.2, 0.25) is 19.6 Å². The van der Waals surface area contributed by atoms with Crippen molar-refractivity contribution in [2.75, 3.05) is 0 Å². The third kappa shape index (κ3) is 10.9. The molecule has 0 saturated carbocycles. The molecule has 5 nitrogen and oxygen atoms in total. The van der Waals surface area contributed by atoms with Crippen molar-refractivity contribution in [3.05, 3.63) is 71.9 Å². The quantitative estimate of drug-likeness (QED) is 0.0653. The molecule has 0 aliphatic heterocycles. The Balaban J connectivity index is 0.000000327. The minimum Gasteiger partial charge on any atom is -0.512 e. The molecule has 0 saturated heterocycles. The number of hydrogen-bond donors (Lipinski definition) is 1. The molecule has 3 aromatic heterocycles. The van der Waals surface area contributed by atoms with E-state index < -0.39 is 8.07 Å². The molecular formula is C45H62IrN3O2SSi-. The summed E-state index contributed by atoms with van der Waals surface area (Å²) in [5.41, 5.74) is 6.81. The van der Waals surface area contributed by atoms with Crippen LogP contribution in [0, 0.1) is 53.9 Å². The maximum Gasteiger partial charge on any atom is 0.162 e. The number of rotatable bonds is 10. The van der Waals surface area contributed by atoms with Crippen LogP contribution in [0.5, 0.6) is 0 Å². The van der Waals surface area contributed by atoms with Gasteiger partial charge in [-0.25, -0.2) is 4.98 Å². The Hall–Kier alpha value is -2.77. The summed E-state index contributed by atoms with van der Waals surface area (Å²) in [7, 11) is -1.64. The molecule has 2 aromatic carbocycles. The number of allylic oxidation sites excluding steroid dienone is 2. The van der Waals surface area contributed by atoms with Crippen molar-refractivity contribution in [2.45, 2.75) is 109 Å². The van der Waals surface area contributed by atoms with Gasteiger partial charge in [-0.1, -0.05) is 130 Å². The number of benzene rings is 2. The van der Waals surface area contributed by atoms with Crippen LogP contribution in [-0.4, -0.2) is 33.9 Å². The van der Waals surface area contributed by atoms with E-state index in [0.717, 1.165) is 44.5 Å². The van der Waals surface area contributed by atoms with Crippen molar-refractivity contribution in [3.8, 4) is 11.3 Å². The first kappa shape index (κ1) is 44.6. The number of aliphatic hydroxyl groups is 1. The maximum absolute atomic E-state index is 12.3. The molecule has 0 atom stereocenters. The predicted octanol–water partition coefficient (Wildman–Crippen LogP) is 12.2. The van der Waals surface area contributed by atoms with Crippen molar-refractivity contribution < 1.29 is 30.0 Å². The summed E-state index contributed by atoms with van der Waals surface area (Å²) in [6.45, 7) is 32.6. The Morgan fingerprint density at radius 1 is 0.868 bits per heavy atom. The monoisotopic (exact) mass is 929 g/mol. The number of carbonyl (C=O) groups excluding carboxylic acids is 1. The molecule has 5 rings (SSSR count). The van der Waals surface area contributed by atoms with Gasteiger partial charge in [0, 0.05) is 64.2 Å². The first-order valence-electron chi connectivity index (χ1n) is 19.0. The van der Waals surface area contributed by atoms with Gasteiger partial charge in [-0.05, 0) is 59.6 Å². The Labute approximate surface area is 337 Å². The predicted molar refractivity (Wildman–Crippen MR) is 227 cm³/mol. The number of aromatic nitrogens is 3. The van der Waals surface area contributed by atoms with Gasteiger partial charge in [0.2, 0.25) is 0 Å². The summed E-state index contributed by atoms with van der Waals surface area (Å²) in [6, 6.07) is 17.0. The van der Waals surface area contributed by atoms with Gasteiger partial charge in [-0.3, -0.25) is 14.8 Å². The van der Waals surface area contributed by atoms with Gasteiger partial charge in [-0.2, -0.15) is 0 Å². The van der Waals surface area contributed by atoms with E-state index in [-0.39, 0.29) is 48.9 Å². The van der Waals surface area contributed by atoms with Gasteiger partial charge in [0.25, 0.3) is 0 Å². The largest absolute Gasteiger partial charge is 0.512 e. The number of fused-ring (bicyclic) bond motifs is 4. The number of nitrogens with zero attached hydrogens (tertiary/aromatic N) is 3. The van der Waals surface area contributed by atoms with Crippen LogP contribution in [0.25, 0.3) is 42.5 Å². The average Bonchev–Trinajstić information content (AvgIpc) is 3.36. The molecule has 8 heteroatoms. The minimum absolute atomic E-state index is 0. The van der Waals surface area contributed by atoms with Crippen molar-refractivity contribution in [2.24, 2.45) is 40.9 Å². The first-order chi connectivity index (χ1) is 24.1. The second-order valence-electron chi connectivity index (χ2n) is 18.3. The number of aliphatic hydroxyl groups excluding tert-OH is 1. The van der Waals surface area contributed by atoms with E-state index >= 15 is 0 Å². The van der Waals surface area contributed by atoms with E-state index in [1.165, 1.54) is 26.9 Å². The summed E-state index contributed by atoms with van der Waals surface area (Å²) >= 11 is 1.80. The van der Waals surface area contributed by atoms with Crippen molar-refractivity contribution >= 4 is 61.6 Å². The fourth-order valence-corrected chi connectivity index (χ4v) is 10.4. The van der Waals surface area contributed by atoms with Crippen LogP contribution in [0.1, 0.15) is 87.4 Å². The third-order valence-electron chi connectivity index (χ3n) is 9.80. The average molecular weight is 929 g/mol. The van der Waals surface area contributed by atoms with Gasteiger partial charge in [0.05, 0.1) is 19.3 Å². The van der Waals surface area contributed by atoms with Gasteiger partial charge in [-0.15, -0.1) is 29.5 Å². The number of thiophene rings is 1. The first-order valence-corrected chi connectivity index (χ1v) is 23.4. The Kier molecular flexibility index (Phi) is 15.0. The second-order valence-corrected chi connectivity index (χ2v) is 24.4. The molecule has 0 fully saturated rings. The van der Waals surface area contributed by atoms with Crippen LogP contribution < -0.4 is 5.19 Å². The van der Waals surface area contributed by atoms with Crippen LogP contribution in [0.15, 0.2) is 54.6 Å². The molecule has 5 aromatic rings. The number of pyridine rings is 1. The normalized spacial score (nSPS) is 12.9. The SMILES string of the molecule is CC(C)C(C(=O)/C=C(\O)C(C(C)C)C(C)C)C(C)C.Cc1ccc2[c-]c(-c3ncnc4c3sc3cc(CC(C)(C)C)ccc34)cc([Si](C)(C)C)c2n1.[Ir]. The van der Waals surface area contributed by atoms with Crippen molar-refractivity contribution in [3.63, 3.8) is 0 Å². The smallest absolute Gasteiger partial charge is 0.162 e. The summed E-state index contributed by atoms with van der Waals surface area (Å²) in [5, 5.41) is 13.9. The topological polar surface area (TPSA) is 76.0 Å². The molecule has 53 heavy (non-hydrogen) atoms. The van der Waals surface area contributed by atoms with Crippen molar-refractivity contribution in [1.82, 2.24) is 15.0 Å². The molecule has 0 unspecified atom stereocenters. The Bertz CT molecular complexity index is 2050. The summed E-state index contributed by atoms with van der Waals surface area (Å²) in [4.78, 5) is 26.7. The molecule has 0 bridgehead atoms. The zero-order valence-electron chi connectivity index (χ0n) is 34.7. The van der Waals surface area contributed by atoms with Crippen LogP contribution >= 0.6 is 11.3 Å². The third-order valence-corrected chi connectivity index (χ3v) is 12.9. The number of aryl methyl sites for hydroxylation is 1. The Morgan fingerprint density at radius 2 is 1.47 bits per heavy atom. The number of hydrogen-bond acceptors (Lipinski definition) is 6. The van der Waals surface area contributed by atoms with Gasteiger partial charge in [0.1, 0.15) is 6.33 Å². The molecule has 0 spiro atoms. The fourth-order valence-electron chi connectivity index (χ4n) is 7.71. The molecule has 289 valence electrons. The van der Waals surface area contributed by atoms with E-state index in [0.29, 0.717) is 23.7 Å². The number of ketones is 1. The second kappa shape index (κ2) is 17.8. The van der Waals surface area contributed by atoms with E-state index in [1.807, 2.05) is 0 Å².